The molecule has 3 aromatic carbocycles. The number of aromatic nitrogens is 3. The summed E-state index contributed by atoms with van der Waals surface area (Å²) in [7, 11) is 2.05. The summed E-state index contributed by atoms with van der Waals surface area (Å²) in [6.07, 6.45) is 1.72. The van der Waals surface area contributed by atoms with Gasteiger partial charge in [0.2, 0.25) is 0 Å². The summed E-state index contributed by atoms with van der Waals surface area (Å²) in [5, 5.41) is 3.63. The fourth-order valence-corrected chi connectivity index (χ4v) is 4.85. The molecule has 0 unspecified atom stereocenters. The predicted molar refractivity (Wildman–Crippen MR) is 157 cm³/mol. The van der Waals surface area contributed by atoms with Gasteiger partial charge in [0.05, 0.1) is 17.9 Å². The molecule has 1 amide bonds. The first-order chi connectivity index (χ1) is 19.1. The molecule has 7 heteroatoms. The van der Waals surface area contributed by atoms with E-state index in [1.54, 1.807) is 18.0 Å². The zero-order chi connectivity index (χ0) is 26.9. The first-order valence-corrected chi connectivity index (χ1v) is 13.7. The highest BCUT2D eigenvalue weighted by molar-refractivity contribution is 7.98. The Labute approximate surface area is 233 Å². The maximum absolute atomic E-state index is 12.5. The monoisotopic (exact) mass is 531 g/mol. The normalized spacial score (nSPS) is 10.7. The molecule has 2 heterocycles. The van der Waals surface area contributed by atoms with Gasteiger partial charge in [-0.25, -0.2) is 9.97 Å². The maximum Gasteiger partial charge on any atom is 0.251 e. The molecule has 0 atom stereocenters. The average molecular weight is 532 g/mol. The van der Waals surface area contributed by atoms with E-state index < -0.39 is 0 Å². The summed E-state index contributed by atoms with van der Waals surface area (Å²) in [5.74, 6) is 1.44. The highest BCUT2D eigenvalue weighted by Crippen LogP contribution is 2.27. The number of amides is 1. The van der Waals surface area contributed by atoms with Gasteiger partial charge in [-0.3, -0.25) is 9.78 Å². The Kier molecular flexibility index (Phi) is 8.61. The van der Waals surface area contributed by atoms with Crippen molar-refractivity contribution in [2.24, 2.45) is 0 Å². The zero-order valence-corrected chi connectivity index (χ0v) is 22.5. The van der Waals surface area contributed by atoms with Gasteiger partial charge in [-0.1, -0.05) is 90.6 Å². The highest BCUT2D eigenvalue weighted by atomic mass is 32.2. The van der Waals surface area contributed by atoms with Gasteiger partial charge in [-0.2, -0.15) is 0 Å². The van der Waals surface area contributed by atoms with Crippen LogP contribution in [0, 0.1) is 0 Å². The van der Waals surface area contributed by atoms with Crippen LogP contribution < -0.4 is 10.2 Å². The first-order valence-electron chi connectivity index (χ1n) is 12.7. The van der Waals surface area contributed by atoms with Crippen molar-refractivity contribution in [2.45, 2.75) is 24.0 Å². The number of nitrogens with zero attached hydrogens (tertiary/aromatic N) is 4. The number of thioether (sulfide) groups is 1. The lowest BCUT2D eigenvalue weighted by molar-refractivity contribution is 0.0950. The lowest BCUT2D eigenvalue weighted by atomic mass is 10.1. The van der Waals surface area contributed by atoms with Crippen molar-refractivity contribution in [1.82, 2.24) is 20.3 Å². The molecule has 0 aliphatic rings. The minimum atomic E-state index is -0.121. The van der Waals surface area contributed by atoms with Crippen molar-refractivity contribution in [1.29, 1.82) is 0 Å². The molecule has 5 aromatic rings. The topological polar surface area (TPSA) is 71.0 Å². The minimum Gasteiger partial charge on any atom is -0.355 e. The van der Waals surface area contributed by atoms with Gasteiger partial charge >= 0.3 is 0 Å². The van der Waals surface area contributed by atoms with Gasteiger partial charge in [-0.15, -0.1) is 0 Å². The summed E-state index contributed by atoms with van der Waals surface area (Å²) in [5.41, 5.74) is 5.70. The average Bonchev–Trinajstić information content (AvgIpc) is 3.00. The number of nitrogens with one attached hydrogen (secondary N) is 1. The standard InChI is InChI=1S/C32H29N5OS/c1-37(22-24-10-4-2-5-11-24)30-20-29(26-12-6-3-7-13-26)35-32(36-30)39-23-25-15-17-27(18-16-25)31(38)34-21-28-14-8-9-19-33-28/h2-20H,21-23H2,1H3,(H,34,38). The van der Waals surface area contributed by atoms with Crippen molar-refractivity contribution in [3.05, 3.63) is 138 Å². The third-order valence-electron chi connectivity index (χ3n) is 6.16. The van der Waals surface area contributed by atoms with Crippen LogP contribution in [0.5, 0.6) is 0 Å². The summed E-state index contributed by atoms with van der Waals surface area (Å²) in [6.45, 7) is 1.15. The molecule has 0 radical (unpaired) electrons. The molecule has 0 bridgehead atoms. The Morgan fingerprint density at radius 3 is 2.26 bits per heavy atom. The van der Waals surface area contributed by atoms with E-state index in [1.165, 1.54) is 5.56 Å². The molecular formula is C32H29N5OS. The lowest BCUT2D eigenvalue weighted by Crippen LogP contribution is -2.23. The maximum atomic E-state index is 12.5. The van der Waals surface area contributed by atoms with Crippen molar-refractivity contribution in [3.63, 3.8) is 0 Å². The fourth-order valence-electron chi connectivity index (χ4n) is 4.04. The van der Waals surface area contributed by atoms with Crippen molar-refractivity contribution >= 4 is 23.5 Å². The lowest BCUT2D eigenvalue weighted by Gasteiger charge is -2.20. The number of carbonyl (C=O) groups excluding carboxylic acids is 1. The molecule has 1 N–H and O–H groups in total. The smallest absolute Gasteiger partial charge is 0.251 e. The van der Waals surface area contributed by atoms with Crippen LogP contribution in [-0.4, -0.2) is 27.9 Å². The van der Waals surface area contributed by atoms with Crippen LogP contribution in [0.25, 0.3) is 11.3 Å². The molecule has 0 saturated heterocycles. The Morgan fingerprint density at radius 2 is 1.54 bits per heavy atom. The van der Waals surface area contributed by atoms with E-state index in [0.29, 0.717) is 23.0 Å². The van der Waals surface area contributed by atoms with Crippen LogP contribution in [-0.2, 0) is 18.8 Å². The predicted octanol–water partition coefficient (Wildman–Crippen LogP) is 6.40. The van der Waals surface area contributed by atoms with Gasteiger partial charge in [0, 0.05) is 42.7 Å². The molecule has 194 valence electrons. The molecule has 5 rings (SSSR count). The van der Waals surface area contributed by atoms with Crippen molar-refractivity contribution < 1.29 is 4.79 Å². The number of benzene rings is 3. The largest absolute Gasteiger partial charge is 0.355 e. The number of rotatable bonds is 10. The minimum absolute atomic E-state index is 0.121. The summed E-state index contributed by atoms with van der Waals surface area (Å²) in [4.78, 5) is 28.7. The van der Waals surface area contributed by atoms with E-state index in [9.17, 15) is 4.79 Å². The quantitative estimate of drug-likeness (QED) is 0.166. The van der Waals surface area contributed by atoms with Crippen molar-refractivity contribution in [3.8, 4) is 11.3 Å². The highest BCUT2D eigenvalue weighted by Gasteiger charge is 2.12. The van der Waals surface area contributed by atoms with Gasteiger partial charge in [0.25, 0.3) is 5.91 Å². The van der Waals surface area contributed by atoms with E-state index in [1.807, 2.05) is 72.8 Å². The van der Waals surface area contributed by atoms with E-state index in [4.69, 9.17) is 9.97 Å². The van der Waals surface area contributed by atoms with Gasteiger partial charge in [-0.05, 0) is 35.4 Å². The Balaban J connectivity index is 1.27. The summed E-state index contributed by atoms with van der Waals surface area (Å²) >= 11 is 1.58. The fraction of sp³-hybridized carbons (Fsp3) is 0.125. The molecule has 0 aliphatic carbocycles. The van der Waals surface area contributed by atoms with Crippen LogP contribution >= 0.6 is 11.8 Å². The second-order valence-electron chi connectivity index (χ2n) is 9.09. The number of anilines is 1. The van der Waals surface area contributed by atoms with Gasteiger partial charge < -0.3 is 10.2 Å². The third kappa shape index (κ3) is 7.30. The molecule has 39 heavy (non-hydrogen) atoms. The van der Waals surface area contributed by atoms with Crippen molar-refractivity contribution in [2.75, 3.05) is 11.9 Å². The number of pyridine rings is 1. The van der Waals surface area contributed by atoms with E-state index in [2.05, 4.69) is 58.6 Å². The van der Waals surface area contributed by atoms with E-state index in [-0.39, 0.29) is 5.91 Å². The number of hydrogen-bond donors (Lipinski definition) is 1. The van der Waals surface area contributed by atoms with Gasteiger partial charge in [0.1, 0.15) is 5.82 Å². The van der Waals surface area contributed by atoms with Gasteiger partial charge in [0.15, 0.2) is 5.16 Å². The Morgan fingerprint density at radius 1 is 0.821 bits per heavy atom. The van der Waals surface area contributed by atoms with Crippen LogP contribution in [0.1, 0.15) is 27.2 Å². The zero-order valence-electron chi connectivity index (χ0n) is 21.7. The first kappa shape index (κ1) is 26.1. The number of hydrogen-bond acceptors (Lipinski definition) is 6. The van der Waals surface area contributed by atoms with Crippen LogP contribution in [0.4, 0.5) is 5.82 Å². The molecule has 6 nitrogen and oxygen atoms in total. The molecule has 0 fully saturated rings. The van der Waals surface area contributed by atoms with Crippen LogP contribution in [0.15, 0.2) is 121 Å². The second kappa shape index (κ2) is 12.8. The summed E-state index contributed by atoms with van der Waals surface area (Å²) < 4.78 is 0. The molecule has 0 spiro atoms. The van der Waals surface area contributed by atoms with Crippen LogP contribution in [0.2, 0.25) is 0 Å². The molecule has 2 aromatic heterocycles. The molecular weight excluding hydrogens is 502 g/mol. The van der Waals surface area contributed by atoms with E-state index in [0.717, 1.165) is 34.9 Å². The Hall–Kier alpha value is -4.49. The second-order valence-corrected chi connectivity index (χ2v) is 10.0. The SMILES string of the molecule is CN(Cc1ccccc1)c1cc(-c2ccccc2)nc(SCc2ccc(C(=O)NCc3ccccn3)cc2)n1. The van der Waals surface area contributed by atoms with E-state index >= 15 is 0 Å². The third-order valence-corrected chi connectivity index (χ3v) is 7.07. The molecule has 0 aliphatic heterocycles. The number of carbonyl (C=O) groups is 1. The van der Waals surface area contributed by atoms with Crippen LogP contribution in [0.3, 0.4) is 0 Å². The summed E-state index contributed by atoms with van der Waals surface area (Å²) in [6, 6.07) is 35.9. The Bertz CT molecular complexity index is 1500. The molecule has 0 saturated carbocycles.